The van der Waals surface area contributed by atoms with Gasteiger partial charge in [-0.2, -0.15) is 9.78 Å². The average molecular weight is 306 g/mol. The van der Waals surface area contributed by atoms with E-state index in [0.29, 0.717) is 15.7 Å². The van der Waals surface area contributed by atoms with Crippen molar-refractivity contribution in [2.24, 2.45) is 0 Å². The summed E-state index contributed by atoms with van der Waals surface area (Å²) < 4.78 is 6.02. The zero-order chi connectivity index (χ0) is 13.3. The van der Waals surface area contributed by atoms with Crippen molar-refractivity contribution in [1.82, 2.24) is 9.78 Å². The van der Waals surface area contributed by atoms with Crippen LogP contribution in [0, 0.1) is 0 Å². The summed E-state index contributed by atoms with van der Waals surface area (Å²) in [6.45, 7) is 0. The van der Waals surface area contributed by atoms with E-state index in [4.69, 9.17) is 39.5 Å². The first-order valence-corrected chi connectivity index (χ1v) is 5.95. The predicted octanol–water partition coefficient (Wildman–Crippen LogP) is 3.20. The number of methoxy groups -OCH3 is 1. The molecule has 0 fully saturated rings. The molecular weight excluding hydrogens is 298 g/mol. The van der Waals surface area contributed by atoms with Crippen molar-refractivity contribution in [2.45, 2.75) is 0 Å². The van der Waals surface area contributed by atoms with E-state index in [2.05, 4.69) is 5.10 Å². The molecule has 2 aromatic rings. The van der Waals surface area contributed by atoms with Gasteiger partial charge in [-0.15, -0.1) is 0 Å². The summed E-state index contributed by atoms with van der Waals surface area (Å²) in [4.78, 5) is 12.0. The zero-order valence-corrected chi connectivity index (χ0v) is 11.4. The fourth-order valence-corrected chi connectivity index (χ4v) is 1.86. The molecule has 0 saturated heterocycles. The molecule has 1 aromatic carbocycles. The van der Waals surface area contributed by atoms with E-state index in [0.717, 1.165) is 4.68 Å². The fraction of sp³-hybridized carbons (Fsp3) is 0.0909. The van der Waals surface area contributed by atoms with Crippen LogP contribution in [0.2, 0.25) is 15.1 Å². The topological polar surface area (TPSA) is 44.1 Å². The molecule has 0 aliphatic carbocycles. The molecule has 0 bridgehead atoms. The lowest BCUT2D eigenvalue weighted by Gasteiger charge is -2.08. The van der Waals surface area contributed by atoms with Crippen LogP contribution >= 0.6 is 34.8 Å². The van der Waals surface area contributed by atoms with Crippen LogP contribution < -0.4 is 10.3 Å². The van der Waals surface area contributed by atoms with Crippen LogP contribution in [0.4, 0.5) is 0 Å². The molecule has 2 rings (SSSR count). The largest absolute Gasteiger partial charge is 0.493 e. The number of rotatable bonds is 2. The summed E-state index contributed by atoms with van der Waals surface area (Å²) in [5.74, 6) is 0.220. The number of aromatic nitrogens is 2. The predicted molar refractivity (Wildman–Crippen MR) is 71.4 cm³/mol. The highest BCUT2D eigenvalue weighted by Gasteiger charge is 2.11. The quantitative estimate of drug-likeness (QED) is 0.856. The molecule has 0 spiro atoms. The average Bonchev–Trinajstić information content (AvgIpc) is 2.36. The van der Waals surface area contributed by atoms with Crippen molar-refractivity contribution in [2.75, 3.05) is 7.11 Å². The van der Waals surface area contributed by atoms with Gasteiger partial charge in [-0.1, -0.05) is 34.8 Å². The lowest BCUT2D eigenvalue weighted by Crippen LogP contribution is -2.21. The summed E-state index contributed by atoms with van der Waals surface area (Å²) >= 11 is 17.5. The van der Waals surface area contributed by atoms with Crippen LogP contribution in [-0.2, 0) is 0 Å². The maximum absolute atomic E-state index is 12.0. The molecule has 0 atom stereocenters. The first-order chi connectivity index (χ1) is 8.54. The first-order valence-electron chi connectivity index (χ1n) is 4.82. The number of hydrogen-bond acceptors (Lipinski definition) is 3. The van der Waals surface area contributed by atoms with E-state index >= 15 is 0 Å². The van der Waals surface area contributed by atoms with Gasteiger partial charge < -0.3 is 4.74 Å². The highest BCUT2D eigenvalue weighted by molar-refractivity contribution is 6.42. The minimum atomic E-state index is -0.491. The molecule has 94 valence electrons. The van der Waals surface area contributed by atoms with Crippen molar-refractivity contribution in [1.29, 1.82) is 0 Å². The van der Waals surface area contributed by atoms with Crippen LogP contribution in [0.3, 0.4) is 0 Å². The minimum Gasteiger partial charge on any atom is -0.493 e. The Balaban J connectivity index is 2.61. The lowest BCUT2D eigenvalue weighted by atomic mass is 10.3. The van der Waals surface area contributed by atoms with E-state index in [-0.39, 0.29) is 10.8 Å². The number of nitrogens with zero attached hydrogens (tertiary/aromatic N) is 2. The van der Waals surface area contributed by atoms with E-state index in [1.54, 1.807) is 12.1 Å². The Labute approximate surface area is 118 Å². The number of halogens is 3. The van der Waals surface area contributed by atoms with Gasteiger partial charge in [0.15, 0.2) is 10.8 Å². The molecule has 7 heteroatoms. The highest BCUT2D eigenvalue weighted by Crippen LogP contribution is 2.24. The van der Waals surface area contributed by atoms with Gasteiger partial charge >= 0.3 is 0 Å². The van der Waals surface area contributed by atoms with Crippen molar-refractivity contribution in [3.63, 3.8) is 0 Å². The van der Waals surface area contributed by atoms with Gasteiger partial charge in [0.1, 0.15) is 0 Å². The van der Waals surface area contributed by atoms with Crippen molar-refractivity contribution >= 4 is 34.8 Å². The van der Waals surface area contributed by atoms with Crippen molar-refractivity contribution < 1.29 is 4.74 Å². The second kappa shape index (κ2) is 5.18. The maximum Gasteiger partial charge on any atom is 0.294 e. The summed E-state index contributed by atoms with van der Waals surface area (Å²) in [5.41, 5.74) is -0.0200. The Morgan fingerprint density at radius 2 is 1.94 bits per heavy atom. The van der Waals surface area contributed by atoms with Gasteiger partial charge in [-0.05, 0) is 18.2 Å². The molecule has 0 aliphatic heterocycles. The highest BCUT2D eigenvalue weighted by atomic mass is 35.5. The summed E-state index contributed by atoms with van der Waals surface area (Å²) in [5, 5.41) is 4.63. The van der Waals surface area contributed by atoms with Crippen LogP contribution in [0.15, 0.2) is 29.2 Å². The van der Waals surface area contributed by atoms with Gasteiger partial charge in [0.25, 0.3) is 5.56 Å². The monoisotopic (exact) mass is 304 g/mol. The van der Waals surface area contributed by atoms with E-state index in [9.17, 15) is 4.79 Å². The molecule has 0 aliphatic rings. The molecule has 1 heterocycles. The Hall–Kier alpha value is -1.23. The van der Waals surface area contributed by atoms with Gasteiger partial charge in [0.2, 0.25) is 0 Å². The minimum absolute atomic E-state index is 0.0430. The summed E-state index contributed by atoms with van der Waals surface area (Å²) in [6.07, 6.45) is 1.35. The maximum atomic E-state index is 12.0. The fourth-order valence-electron chi connectivity index (χ4n) is 1.36. The lowest BCUT2D eigenvalue weighted by molar-refractivity contribution is 0.409. The second-order valence-electron chi connectivity index (χ2n) is 3.34. The molecule has 0 unspecified atom stereocenters. The molecule has 0 radical (unpaired) electrons. The normalized spacial score (nSPS) is 10.4. The van der Waals surface area contributed by atoms with Crippen LogP contribution in [0.5, 0.6) is 5.75 Å². The Kier molecular flexibility index (Phi) is 3.80. The van der Waals surface area contributed by atoms with Crippen molar-refractivity contribution in [3.8, 4) is 11.4 Å². The molecule has 0 N–H and O–H groups in total. The molecule has 1 aromatic heterocycles. The summed E-state index contributed by atoms with van der Waals surface area (Å²) in [6, 6.07) is 4.72. The number of hydrogen-bond donors (Lipinski definition) is 0. The smallest absolute Gasteiger partial charge is 0.294 e. The first kappa shape index (κ1) is 13.2. The molecule has 0 amide bonds. The Morgan fingerprint density at radius 1 is 1.22 bits per heavy atom. The SMILES string of the molecule is COc1cnn(-c2ccc(Cl)c(Cl)c2)c(=O)c1Cl. The van der Waals surface area contributed by atoms with Crippen LogP contribution in [-0.4, -0.2) is 16.9 Å². The van der Waals surface area contributed by atoms with E-state index in [1.165, 1.54) is 19.4 Å². The van der Waals surface area contributed by atoms with Gasteiger partial charge in [-0.25, -0.2) is 0 Å². The number of ether oxygens (including phenoxy) is 1. The molecule has 18 heavy (non-hydrogen) atoms. The summed E-state index contributed by atoms with van der Waals surface area (Å²) in [7, 11) is 1.41. The molecule has 0 saturated carbocycles. The third-order valence-electron chi connectivity index (χ3n) is 2.25. The Bertz CT molecular complexity index is 655. The third-order valence-corrected chi connectivity index (χ3v) is 3.34. The Morgan fingerprint density at radius 3 is 2.56 bits per heavy atom. The molecule has 4 nitrogen and oxygen atoms in total. The van der Waals surface area contributed by atoms with E-state index < -0.39 is 5.56 Å². The van der Waals surface area contributed by atoms with E-state index in [1.807, 2.05) is 0 Å². The third kappa shape index (κ3) is 2.32. The zero-order valence-electron chi connectivity index (χ0n) is 9.15. The van der Waals surface area contributed by atoms with Gasteiger partial charge in [0.05, 0.1) is 29.0 Å². The standard InChI is InChI=1S/C11H7Cl3N2O2/c1-18-9-5-15-16(11(17)10(9)14)6-2-3-7(12)8(13)4-6/h2-5H,1H3. The van der Waals surface area contributed by atoms with Gasteiger partial charge in [0, 0.05) is 0 Å². The second-order valence-corrected chi connectivity index (χ2v) is 4.53. The number of benzene rings is 1. The van der Waals surface area contributed by atoms with Gasteiger partial charge in [-0.3, -0.25) is 4.79 Å². The van der Waals surface area contributed by atoms with Crippen LogP contribution in [0.25, 0.3) is 5.69 Å². The van der Waals surface area contributed by atoms with Crippen molar-refractivity contribution in [3.05, 3.63) is 49.8 Å². The molecular formula is C11H7Cl3N2O2. The van der Waals surface area contributed by atoms with Crippen LogP contribution in [0.1, 0.15) is 0 Å².